The van der Waals surface area contributed by atoms with Gasteiger partial charge < -0.3 is 39.0 Å². The van der Waals surface area contributed by atoms with Crippen molar-refractivity contribution in [2.24, 2.45) is 0 Å². The number of carbonyl (C=O) groups excluding carboxylic acids is 3. The zero-order valence-electron chi connectivity index (χ0n) is 53.2. The molecule has 1 rings (SSSR count). The van der Waals surface area contributed by atoms with Crippen LogP contribution in [0, 0.1) is 0 Å². The Morgan fingerprint density at radius 2 is 0.759 bits per heavy atom. The number of rotatable bonds is 59. The summed E-state index contributed by atoms with van der Waals surface area (Å²) in [5.74, 6) is -3.13. The second-order valence-electron chi connectivity index (χ2n) is 23.4. The third kappa shape index (κ3) is 48.3. The standard InChI is InChI=1S/C71H124O12/c1-4-7-10-13-16-19-22-25-28-31-32-35-36-39-42-45-48-51-54-57-63(72)79-60-62(81-64(73)58-55-52-49-46-43-40-37-33-29-26-23-20-17-14-11-8-5-2)61-80-71-69(67(76)66(75)68(83-71)70(77)78)82-65(74)59-56-53-50-47-44-41-38-34-30-27-24-21-18-15-12-9-6-3/h8,11,17,20,26-27,29-30,37,40,62,66-69,71,75-76H,4-7,9-10,12-16,18-19,21-25,28,31-36,38-39,41-61H2,1-3H3,(H,77,78)/b11-8-,20-17-,29-26-,30-27-,40-37-. The molecule has 0 amide bonds. The molecule has 480 valence electrons. The highest BCUT2D eigenvalue weighted by atomic mass is 16.7. The number of hydrogen-bond donors (Lipinski definition) is 3. The molecule has 0 radical (unpaired) electrons. The third-order valence-electron chi connectivity index (χ3n) is 15.6. The van der Waals surface area contributed by atoms with Crippen LogP contribution in [0.4, 0.5) is 0 Å². The minimum atomic E-state index is -1.91. The predicted molar refractivity (Wildman–Crippen MR) is 340 cm³/mol. The topological polar surface area (TPSA) is 175 Å². The summed E-state index contributed by atoms with van der Waals surface area (Å²) in [6, 6.07) is 0. The highest BCUT2D eigenvalue weighted by molar-refractivity contribution is 5.74. The average molecular weight is 1170 g/mol. The first-order valence-corrected chi connectivity index (χ1v) is 34.3. The van der Waals surface area contributed by atoms with Gasteiger partial charge in [-0.2, -0.15) is 0 Å². The lowest BCUT2D eigenvalue weighted by molar-refractivity contribution is -0.301. The molecule has 12 heteroatoms. The second-order valence-corrected chi connectivity index (χ2v) is 23.4. The lowest BCUT2D eigenvalue weighted by atomic mass is 9.98. The van der Waals surface area contributed by atoms with Gasteiger partial charge in [-0.1, -0.05) is 274 Å². The Morgan fingerprint density at radius 1 is 0.410 bits per heavy atom. The van der Waals surface area contributed by atoms with Gasteiger partial charge in [-0.05, 0) is 83.5 Å². The van der Waals surface area contributed by atoms with E-state index in [0.29, 0.717) is 19.3 Å². The lowest BCUT2D eigenvalue weighted by Gasteiger charge is -2.40. The number of hydrogen-bond acceptors (Lipinski definition) is 11. The first-order chi connectivity index (χ1) is 40.6. The van der Waals surface area contributed by atoms with Crippen LogP contribution >= 0.6 is 0 Å². The molecule has 1 fully saturated rings. The van der Waals surface area contributed by atoms with Crippen LogP contribution in [0.15, 0.2) is 60.8 Å². The van der Waals surface area contributed by atoms with Gasteiger partial charge in [0.25, 0.3) is 0 Å². The molecule has 0 bridgehead atoms. The van der Waals surface area contributed by atoms with E-state index in [9.17, 15) is 34.5 Å². The largest absolute Gasteiger partial charge is 0.479 e. The number of aliphatic hydroxyl groups is 2. The van der Waals surface area contributed by atoms with Crippen LogP contribution in [-0.4, -0.2) is 89.2 Å². The van der Waals surface area contributed by atoms with Gasteiger partial charge in [0.15, 0.2) is 24.6 Å². The lowest BCUT2D eigenvalue weighted by Crippen LogP contribution is -2.61. The van der Waals surface area contributed by atoms with Crippen LogP contribution in [0.25, 0.3) is 0 Å². The van der Waals surface area contributed by atoms with Crippen LogP contribution in [0.5, 0.6) is 0 Å². The highest BCUT2D eigenvalue weighted by Crippen LogP contribution is 2.27. The van der Waals surface area contributed by atoms with Gasteiger partial charge in [0.05, 0.1) is 6.61 Å². The van der Waals surface area contributed by atoms with Gasteiger partial charge in [-0.3, -0.25) is 14.4 Å². The quantitative estimate of drug-likeness (QED) is 0.0228. The zero-order chi connectivity index (χ0) is 60.3. The normalized spacial score (nSPS) is 17.9. The molecule has 1 aliphatic rings. The van der Waals surface area contributed by atoms with E-state index >= 15 is 0 Å². The summed E-state index contributed by atoms with van der Waals surface area (Å²) in [5, 5.41) is 31.6. The summed E-state index contributed by atoms with van der Waals surface area (Å²) in [6.45, 7) is 5.91. The fourth-order valence-corrected chi connectivity index (χ4v) is 10.4. The van der Waals surface area contributed by atoms with Gasteiger partial charge in [0.1, 0.15) is 18.8 Å². The van der Waals surface area contributed by atoms with E-state index in [1.165, 1.54) is 154 Å². The smallest absolute Gasteiger partial charge is 0.335 e. The molecule has 1 heterocycles. The van der Waals surface area contributed by atoms with E-state index < -0.39 is 67.3 Å². The van der Waals surface area contributed by atoms with Crippen LogP contribution in [-0.2, 0) is 42.9 Å². The number of aliphatic hydroxyl groups excluding tert-OH is 2. The Labute approximate surface area is 506 Å². The summed E-state index contributed by atoms with van der Waals surface area (Å²) in [5.41, 5.74) is 0. The van der Waals surface area contributed by atoms with Crippen molar-refractivity contribution in [2.45, 2.75) is 353 Å². The summed E-state index contributed by atoms with van der Waals surface area (Å²) in [6.07, 6.45) is 61.8. The molecule has 0 aliphatic carbocycles. The Kier molecular flexibility index (Phi) is 54.8. The minimum Gasteiger partial charge on any atom is -0.479 e. The molecular formula is C71H124O12. The van der Waals surface area contributed by atoms with Crippen LogP contribution in [0.3, 0.4) is 0 Å². The van der Waals surface area contributed by atoms with Crippen molar-refractivity contribution < 1.29 is 58.2 Å². The first-order valence-electron chi connectivity index (χ1n) is 34.3. The maximum absolute atomic E-state index is 13.2. The number of unbranched alkanes of at least 4 members (excludes halogenated alkanes) is 35. The highest BCUT2D eigenvalue weighted by Gasteiger charge is 2.50. The van der Waals surface area contributed by atoms with Crippen LogP contribution in [0.2, 0.25) is 0 Å². The van der Waals surface area contributed by atoms with Crippen molar-refractivity contribution in [1.29, 1.82) is 0 Å². The number of carboxylic acids is 1. The zero-order valence-corrected chi connectivity index (χ0v) is 53.2. The maximum Gasteiger partial charge on any atom is 0.335 e. The van der Waals surface area contributed by atoms with Crippen molar-refractivity contribution >= 4 is 23.9 Å². The van der Waals surface area contributed by atoms with Gasteiger partial charge >= 0.3 is 23.9 Å². The Morgan fingerprint density at radius 3 is 1.17 bits per heavy atom. The van der Waals surface area contributed by atoms with E-state index in [1.807, 2.05) is 0 Å². The van der Waals surface area contributed by atoms with E-state index in [1.54, 1.807) is 0 Å². The summed E-state index contributed by atoms with van der Waals surface area (Å²) < 4.78 is 28.6. The number of ether oxygens (including phenoxy) is 5. The van der Waals surface area contributed by atoms with Crippen molar-refractivity contribution in [3.8, 4) is 0 Å². The molecule has 0 aromatic rings. The van der Waals surface area contributed by atoms with Crippen LogP contribution < -0.4 is 0 Å². The molecule has 83 heavy (non-hydrogen) atoms. The SMILES string of the molecule is CC/C=C\C/C=C\C/C=C\C/C=C\CCCCCCC(=O)OC(COC(=O)CCCCCCCCCCCCCCCCCCCCC)COC1OC(C(=O)O)C(O)C(O)C1OC(=O)CCCCCCCCC/C=C\CCCCCCCC. The van der Waals surface area contributed by atoms with Crippen molar-refractivity contribution in [1.82, 2.24) is 0 Å². The van der Waals surface area contributed by atoms with E-state index in [4.69, 9.17) is 23.7 Å². The third-order valence-corrected chi connectivity index (χ3v) is 15.6. The fourth-order valence-electron chi connectivity index (χ4n) is 10.4. The van der Waals surface area contributed by atoms with Gasteiger partial charge in [0.2, 0.25) is 0 Å². The molecule has 0 aromatic heterocycles. The predicted octanol–water partition coefficient (Wildman–Crippen LogP) is 18.7. The molecule has 1 aliphatic heterocycles. The molecule has 0 spiro atoms. The second kappa shape index (κ2) is 58.8. The first kappa shape index (κ1) is 77.4. The van der Waals surface area contributed by atoms with Crippen LogP contribution in [0.1, 0.15) is 316 Å². The minimum absolute atomic E-state index is 0.0535. The van der Waals surface area contributed by atoms with Gasteiger partial charge in [-0.25, -0.2) is 4.79 Å². The molecule has 0 saturated carbocycles. The average Bonchev–Trinajstić information content (AvgIpc) is 3.59. The molecule has 1 saturated heterocycles. The van der Waals surface area contributed by atoms with E-state index in [2.05, 4.69) is 81.5 Å². The Bertz CT molecular complexity index is 1670. The fraction of sp³-hybridized carbons (Fsp3) is 0.803. The number of aliphatic carboxylic acids is 1. The molecule has 12 nitrogen and oxygen atoms in total. The molecule has 0 aromatic carbocycles. The summed E-state index contributed by atoms with van der Waals surface area (Å²) in [7, 11) is 0. The van der Waals surface area contributed by atoms with Crippen molar-refractivity contribution in [2.75, 3.05) is 13.2 Å². The molecule has 6 unspecified atom stereocenters. The van der Waals surface area contributed by atoms with Gasteiger partial charge in [0, 0.05) is 19.3 Å². The summed E-state index contributed by atoms with van der Waals surface area (Å²) >= 11 is 0. The van der Waals surface area contributed by atoms with Crippen molar-refractivity contribution in [3.05, 3.63) is 60.8 Å². The number of carbonyl (C=O) groups is 4. The van der Waals surface area contributed by atoms with Gasteiger partial charge in [-0.15, -0.1) is 0 Å². The molecule has 6 atom stereocenters. The summed E-state index contributed by atoms with van der Waals surface area (Å²) in [4.78, 5) is 51.4. The molecular weight excluding hydrogens is 1040 g/mol. The Hall–Kier alpha value is -3.58. The molecule has 3 N–H and O–H groups in total. The monoisotopic (exact) mass is 1170 g/mol. The van der Waals surface area contributed by atoms with E-state index in [0.717, 1.165) is 103 Å². The maximum atomic E-state index is 13.2. The van der Waals surface area contributed by atoms with Crippen molar-refractivity contribution in [3.63, 3.8) is 0 Å². The number of carboxylic acid groups (broad SMARTS) is 1. The Balaban J connectivity index is 2.65. The van der Waals surface area contributed by atoms with E-state index in [-0.39, 0.29) is 25.9 Å². The number of esters is 3. The number of allylic oxidation sites excluding steroid dienone is 10.